The summed E-state index contributed by atoms with van der Waals surface area (Å²) >= 11 is 0. The minimum Gasteiger partial charge on any atom is -0.497 e. The van der Waals surface area contributed by atoms with Crippen molar-refractivity contribution < 1.29 is 28.2 Å². The molecule has 3 aromatic rings. The molecule has 1 aliphatic carbocycles. The number of fused-ring (bicyclic) bond motifs is 2. The maximum absolute atomic E-state index is 14.1. The van der Waals surface area contributed by atoms with Gasteiger partial charge in [-0.3, -0.25) is 19.4 Å². The van der Waals surface area contributed by atoms with E-state index in [9.17, 15) is 18.8 Å². The van der Waals surface area contributed by atoms with Gasteiger partial charge >= 0.3 is 0 Å². The largest absolute Gasteiger partial charge is 0.497 e. The van der Waals surface area contributed by atoms with Gasteiger partial charge in [-0.1, -0.05) is 35.6 Å². The second-order valence-electron chi connectivity index (χ2n) is 11.6. The molecule has 0 aromatic heterocycles. The normalized spacial score (nSPS) is 24.4. The van der Waals surface area contributed by atoms with E-state index in [1.165, 1.54) is 28.2 Å². The molecule has 0 bridgehead atoms. The number of halogens is 1. The topological polar surface area (TPSA) is 116 Å². The first kappa shape index (κ1) is 29.3. The van der Waals surface area contributed by atoms with Crippen LogP contribution in [-0.2, 0) is 14.4 Å². The van der Waals surface area contributed by atoms with Gasteiger partial charge in [-0.25, -0.2) is 14.3 Å². The molecule has 7 rings (SSSR count). The van der Waals surface area contributed by atoms with Gasteiger partial charge in [0, 0.05) is 5.92 Å². The van der Waals surface area contributed by atoms with Crippen LogP contribution < -0.4 is 14.4 Å². The van der Waals surface area contributed by atoms with E-state index in [0.717, 1.165) is 58.4 Å². The van der Waals surface area contributed by atoms with E-state index in [2.05, 4.69) is 16.4 Å². The fraction of sp³-hybridized carbons (Fsp3) is 0.294. The highest BCUT2D eigenvalue weighted by molar-refractivity contribution is 6.25. The van der Waals surface area contributed by atoms with Gasteiger partial charge in [0.25, 0.3) is 17.7 Å². The van der Waals surface area contributed by atoms with Crippen LogP contribution in [0.1, 0.15) is 36.4 Å². The van der Waals surface area contributed by atoms with Crippen molar-refractivity contribution in [1.29, 1.82) is 0 Å². The molecule has 3 heterocycles. The van der Waals surface area contributed by atoms with Crippen LogP contribution in [-0.4, -0.2) is 66.3 Å². The SMILES string of the molecule is COc1ccc(/C=C2\CCCC3C2=NN(C(=O)CN2N=NC4C(=O)N(c5cccc(F)c5)C(=O)C42)C3c2ccc(OC)cc2)cc1. The Labute approximate surface area is 264 Å². The molecule has 1 saturated heterocycles. The van der Waals surface area contributed by atoms with Crippen molar-refractivity contribution in [1.82, 2.24) is 10.0 Å². The molecule has 0 radical (unpaired) electrons. The molecule has 11 nitrogen and oxygen atoms in total. The fourth-order valence-corrected chi connectivity index (χ4v) is 6.68. The molecule has 3 aromatic carbocycles. The van der Waals surface area contributed by atoms with Crippen molar-refractivity contribution in [2.75, 3.05) is 25.7 Å². The Morgan fingerprint density at radius 1 is 0.957 bits per heavy atom. The van der Waals surface area contributed by atoms with Crippen LogP contribution in [0.4, 0.5) is 10.1 Å². The van der Waals surface area contributed by atoms with Gasteiger partial charge in [0.1, 0.15) is 23.9 Å². The highest BCUT2D eigenvalue weighted by atomic mass is 19.1. The van der Waals surface area contributed by atoms with Gasteiger partial charge in [0.2, 0.25) is 0 Å². The smallest absolute Gasteiger partial charge is 0.264 e. The molecule has 4 unspecified atom stereocenters. The Morgan fingerprint density at radius 2 is 1.67 bits per heavy atom. The number of rotatable bonds is 7. The van der Waals surface area contributed by atoms with Crippen LogP contribution in [0.2, 0.25) is 0 Å². The van der Waals surface area contributed by atoms with E-state index in [0.29, 0.717) is 5.75 Å². The maximum Gasteiger partial charge on any atom is 0.264 e. The molecular weight excluding hydrogens is 591 g/mol. The third kappa shape index (κ3) is 5.09. The molecule has 0 spiro atoms. The lowest BCUT2D eigenvalue weighted by Crippen LogP contribution is -2.45. The van der Waals surface area contributed by atoms with Gasteiger partial charge < -0.3 is 9.47 Å². The standard InChI is InChI=1S/C34H31FN6O5/c1-45-25-13-9-20(10-14-25)17-22-5-3-8-27-29(22)37-41(31(27)21-11-15-26(46-2)16-12-21)28(42)19-39-32-30(36-38-39)33(43)40(34(32)44)24-7-4-6-23(35)18-24/h4,6-7,9-18,27,30-32H,3,5,8,19H2,1-2H3/b22-17+. The molecule has 234 valence electrons. The second-order valence-corrected chi connectivity index (χ2v) is 11.6. The van der Waals surface area contributed by atoms with E-state index >= 15 is 0 Å². The lowest BCUT2D eigenvalue weighted by atomic mass is 9.77. The van der Waals surface area contributed by atoms with Gasteiger partial charge in [0.05, 0.1) is 31.7 Å². The molecule has 1 saturated carbocycles. The molecule has 4 aliphatic rings. The zero-order valence-electron chi connectivity index (χ0n) is 25.2. The number of allylic oxidation sites excluding steroid dienone is 1. The Balaban J connectivity index is 1.19. The molecular formula is C34H31FN6O5. The Bertz CT molecular complexity index is 1790. The van der Waals surface area contributed by atoms with Gasteiger partial charge in [-0.2, -0.15) is 10.2 Å². The van der Waals surface area contributed by atoms with Crippen LogP contribution in [0.25, 0.3) is 6.08 Å². The molecule has 46 heavy (non-hydrogen) atoms. The number of methoxy groups -OCH3 is 2. The monoisotopic (exact) mass is 622 g/mol. The van der Waals surface area contributed by atoms with E-state index in [1.807, 2.05) is 48.5 Å². The average molecular weight is 623 g/mol. The van der Waals surface area contributed by atoms with Crippen LogP contribution in [0.15, 0.2) is 93.8 Å². The number of anilines is 1. The van der Waals surface area contributed by atoms with Gasteiger partial charge in [-0.15, -0.1) is 0 Å². The van der Waals surface area contributed by atoms with Crippen LogP contribution in [0.3, 0.4) is 0 Å². The van der Waals surface area contributed by atoms with Crippen molar-refractivity contribution in [3.8, 4) is 11.5 Å². The summed E-state index contributed by atoms with van der Waals surface area (Å²) in [6.07, 6.45) is 4.68. The summed E-state index contributed by atoms with van der Waals surface area (Å²) < 4.78 is 24.6. The third-order valence-electron chi connectivity index (χ3n) is 8.89. The quantitative estimate of drug-likeness (QED) is 0.344. The van der Waals surface area contributed by atoms with Crippen molar-refractivity contribution in [3.63, 3.8) is 0 Å². The Hall–Kier alpha value is -5.39. The lowest BCUT2D eigenvalue weighted by Gasteiger charge is -2.30. The fourth-order valence-electron chi connectivity index (χ4n) is 6.68. The van der Waals surface area contributed by atoms with Crippen LogP contribution in [0.5, 0.6) is 11.5 Å². The van der Waals surface area contributed by atoms with Crippen molar-refractivity contribution in [2.24, 2.45) is 21.4 Å². The number of carbonyl (C=O) groups excluding carboxylic acids is 3. The van der Waals surface area contributed by atoms with E-state index in [4.69, 9.17) is 14.6 Å². The Kier molecular flexibility index (Phi) is 7.55. The van der Waals surface area contributed by atoms with Crippen LogP contribution in [0, 0.1) is 11.7 Å². The summed E-state index contributed by atoms with van der Waals surface area (Å²) in [6, 6.07) is 18.0. The van der Waals surface area contributed by atoms with Crippen LogP contribution >= 0.6 is 0 Å². The number of imide groups is 1. The van der Waals surface area contributed by atoms with E-state index < -0.39 is 41.7 Å². The van der Waals surface area contributed by atoms with Gasteiger partial charge in [-0.05, 0) is 84.5 Å². The summed E-state index contributed by atoms with van der Waals surface area (Å²) in [5.41, 5.74) is 3.91. The molecule has 12 heteroatoms. The number of hydrazone groups is 1. The minimum absolute atomic E-state index is 0.0540. The highest BCUT2D eigenvalue weighted by Crippen LogP contribution is 2.45. The number of benzene rings is 3. The Morgan fingerprint density at radius 3 is 2.37 bits per heavy atom. The van der Waals surface area contributed by atoms with E-state index in [1.54, 1.807) is 14.2 Å². The number of carbonyl (C=O) groups is 3. The molecule has 0 N–H and O–H groups in total. The first-order valence-electron chi connectivity index (χ1n) is 15.1. The minimum atomic E-state index is -1.12. The van der Waals surface area contributed by atoms with E-state index in [-0.39, 0.29) is 18.2 Å². The number of nitrogens with zero attached hydrogens (tertiary/aromatic N) is 6. The van der Waals surface area contributed by atoms with Gasteiger partial charge in [0.15, 0.2) is 12.1 Å². The molecule has 2 fully saturated rings. The predicted octanol–water partition coefficient (Wildman–Crippen LogP) is 4.96. The summed E-state index contributed by atoms with van der Waals surface area (Å²) in [4.78, 5) is 41.6. The molecule has 3 aliphatic heterocycles. The second kappa shape index (κ2) is 11.8. The number of amides is 3. The first-order chi connectivity index (χ1) is 22.4. The zero-order valence-corrected chi connectivity index (χ0v) is 25.2. The van der Waals surface area contributed by atoms with Crippen molar-refractivity contribution >= 4 is 35.2 Å². The average Bonchev–Trinajstić information content (AvgIpc) is 3.74. The predicted molar refractivity (Wildman–Crippen MR) is 166 cm³/mol. The number of hydrogen-bond donors (Lipinski definition) is 0. The number of hydrogen-bond acceptors (Lipinski definition) is 9. The molecule has 4 atom stereocenters. The summed E-state index contributed by atoms with van der Waals surface area (Å²) in [6.45, 7) is -0.325. The maximum atomic E-state index is 14.1. The summed E-state index contributed by atoms with van der Waals surface area (Å²) in [5.74, 6) is -0.797. The third-order valence-corrected chi connectivity index (χ3v) is 8.89. The summed E-state index contributed by atoms with van der Waals surface area (Å²) in [7, 11) is 3.23. The summed E-state index contributed by atoms with van der Waals surface area (Å²) in [5, 5.41) is 15.8. The number of ether oxygens (including phenoxy) is 2. The molecule has 3 amide bonds. The van der Waals surface area contributed by atoms with Crippen molar-refractivity contribution in [2.45, 2.75) is 37.4 Å². The first-order valence-corrected chi connectivity index (χ1v) is 15.1. The lowest BCUT2D eigenvalue weighted by molar-refractivity contribution is -0.136. The zero-order chi connectivity index (χ0) is 31.9. The highest BCUT2D eigenvalue weighted by Gasteiger charge is 2.55. The van der Waals surface area contributed by atoms with Crippen molar-refractivity contribution in [3.05, 3.63) is 95.3 Å².